The first-order chi connectivity index (χ1) is 53.5. The number of aliphatic hydroxyl groups is 1. The summed E-state index contributed by atoms with van der Waals surface area (Å²) in [6.07, 6.45) is 79.2. The molecule has 0 fully saturated rings. The number of aliphatic hydroxyl groups excluding tert-OH is 1. The lowest BCUT2D eigenvalue weighted by molar-refractivity contribution is -0.161. The average molecular weight is 1610 g/mol. The van der Waals surface area contributed by atoms with Gasteiger partial charge in [-0.05, 0) is 31.6 Å². The van der Waals surface area contributed by atoms with Gasteiger partial charge in [0.15, 0.2) is 12.2 Å². The Hall–Kier alpha value is -1.94. The van der Waals surface area contributed by atoms with Crippen LogP contribution in [0.5, 0.6) is 0 Å². The predicted molar refractivity (Wildman–Crippen MR) is 455 cm³/mol. The van der Waals surface area contributed by atoms with Crippen molar-refractivity contribution in [2.45, 2.75) is 515 Å². The van der Waals surface area contributed by atoms with E-state index in [1.165, 1.54) is 321 Å². The van der Waals surface area contributed by atoms with Crippen molar-refractivity contribution < 1.29 is 80.2 Å². The molecule has 0 bridgehead atoms. The van der Waals surface area contributed by atoms with Crippen LogP contribution < -0.4 is 0 Å². The lowest BCUT2D eigenvalue weighted by atomic mass is 10.0. The largest absolute Gasteiger partial charge is 0.472 e. The Labute approximate surface area is 677 Å². The molecule has 0 aromatic carbocycles. The van der Waals surface area contributed by atoms with Gasteiger partial charge in [-0.15, -0.1) is 0 Å². The van der Waals surface area contributed by atoms with E-state index >= 15 is 0 Å². The molecule has 0 aromatic heterocycles. The van der Waals surface area contributed by atoms with Crippen LogP contribution in [0.2, 0.25) is 0 Å². The maximum Gasteiger partial charge on any atom is 0.472 e. The average Bonchev–Trinajstić information content (AvgIpc) is 0.898. The van der Waals surface area contributed by atoms with Crippen molar-refractivity contribution >= 4 is 39.5 Å². The van der Waals surface area contributed by atoms with E-state index in [1.807, 2.05) is 0 Å². The monoisotopic (exact) mass is 1610 g/mol. The van der Waals surface area contributed by atoms with Crippen molar-refractivity contribution in [1.29, 1.82) is 0 Å². The molecule has 0 heterocycles. The van der Waals surface area contributed by atoms with Crippen LogP contribution >= 0.6 is 15.6 Å². The summed E-state index contributed by atoms with van der Waals surface area (Å²) in [4.78, 5) is 73.4. The highest BCUT2D eigenvalue weighted by atomic mass is 31.2. The normalized spacial score (nSPS) is 13.7. The van der Waals surface area contributed by atoms with Gasteiger partial charge in [0.25, 0.3) is 0 Å². The number of phosphoric acid groups is 2. The smallest absolute Gasteiger partial charge is 0.462 e. The van der Waals surface area contributed by atoms with E-state index in [0.717, 1.165) is 95.8 Å². The van der Waals surface area contributed by atoms with Gasteiger partial charge in [-0.2, -0.15) is 0 Å². The summed E-state index contributed by atoms with van der Waals surface area (Å²) in [5, 5.41) is 10.7. The number of rotatable bonds is 91. The van der Waals surface area contributed by atoms with Gasteiger partial charge in [0.1, 0.15) is 19.3 Å². The van der Waals surface area contributed by atoms with Gasteiger partial charge < -0.3 is 33.8 Å². The van der Waals surface area contributed by atoms with Gasteiger partial charge in [0, 0.05) is 25.7 Å². The molecular formula is C91H178O17P2. The fraction of sp³-hybridized carbons (Fsp3) is 0.956. The highest BCUT2D eigenvalue weighted by Crippen LogP contribution is 2.45. The molecule has 0 radical (unpaired) electrons. The van der Waals surface area contributed by atoms with E-state index in [9.17, 15) is 43.2 Å². The van der Waals surface area contributed by atoms with Gasteiger partial charge in [-0.1, -0.05) is 446 Å². The van der Waals surface area contributed by atoms with Crippen LogP contribution in [0.15, 0.2) is 0 Å². The third-order valence-corrected chi connectivity index (χ3v) is 23.4. The van der Waals surface area contributed by atoms with Crippen LogP contribution in [0.3, 0.4) is 0 Å². The summed E-state index contributed by atoms with van der Waals surface area (Å²) in [5.41, 5.74) is 0. The van der Waals surface area contributed by atoms with Crippen molar-refractivity contribution in [3.63, 3.8) is 0 Å². The van der Waals surface area contributed by atoms with Crippen molar-refractivity contribution in [2.24, 2.45) is 5.92 Å². The number of phosphoric ester groups is 2. The van der Waals surface area contributed by atoms with Crippen LogP contribution in [0.25, 0.3) is 0 Å². The van der Waals surface area contributed by atoms with Crippen LogP contribution in [0.4, 0.5) is 0 Å². The van der Waals surface area contributed by atoms with Crippen molar-refractivity contribution in [3.05, 3.63) is 0 Å². The van der Waals surface area contributed by atoms with E-state index < -0.39 is 97.5 Å². The first kappa shape index (κ1) is 108. The predicted octanol–water partition coefficient (Wildman–Crippen LogP) is 28.3. The van der Waals surface area contributed by atoms with Crippen LogP contribution in [0.1, 0.15) is 497 Å². The molecule has 19 heteroatoms. The highest BCUT2D eigenvalue weighted by Gasteiger charge is 2.31. The lowest BCUT2D eigenvalue weighted by Crippen LogP contribution is -2.30. The maximum absolute atomic E-state index is 13.2. The van der Waals surface area contributed by atoms with Gasteiger partial charge in [-0.25, -0.2) is 9.13 Å². The van der Waals surface area contributed by atoms with Crippen molar-refractivity contribution in [1.82, 2.24) is 0 Å². The number of hydrogen-bond acceptors (Lipinski definition) is 15. The van der Waals surface area contributed by atoms with Crippen molar-refractivity contribution in [2.75, 3.05) is 39.6 Å². The minimum Gasteiger partial charge on any atom is -0.462 e. The zero-order valence-corrected chi connectivity index (χ0v) is 74.2. The molecule has 0 spiro atoms. The molecule has 654 valence electrons. The Morgan fingerprint density at radius 1 is 0.245 bits per heavy atom. The first-order valence-corrected chi connectivity index (χ1v) is 50.1. The number of hydrogen-bond donors (Lipinski definition) is 3. The Balaban J connectivity index is 5.24. The molecule has 0 amide bonds. The van der Waals surface area contributed by atoms with E-state index in [0.29, 0.717) is 25.7 Å². The second-order valence-corrected chi connectivity index (χ2v) is 36.1. The lowest BCUT2D eigenvalue weighted by Gasteiger charge is -2.21. The molecule has 0 aliphatic carbocycles. The zero-order chi connectivity index (χ0) is 80.4. The first-order valence-electron chi connectivity index (χ1n) is 47.1. The third-order valence-electron chi connectivity index (χ3n) is 21.5. The summed E-state index contributed by atoms with van der Waals surface area (Å²) in [7, 11) is -9.93. The van der Waals surface area contributed by atoms with E-state index in [4.69, 9.17) is 37.0 Å². The minimum atomic E-state index is -4.97. The molecule has 0 saturated heterocycles. The Bertz CT molecular complexity index is 2080. The van der Waals surface area contributed by atoms with Crippen LogP contribution in [-0.4, -0.2) is 96.7 Å². The Morgan fingerprint density at radius 3 is 0.618 bits per heavy atom. The number of carbonyl (C=O) groups excluding carboxylic acids is 4. The second kappa shape index (κ2) is 83.5. The number of ether oxygens (including phenoxy) is 4. The summed E-state index contributed by atoms with van der Waals surface area (Å²) in [5.74, 6) is -1.27. The minimum absolute atomic E-state index is 0.109. The SMILES string of the molecule is CCCCCCCCCCCCCCCCCCCCCCCC(=O)OC[C@H](COP(=O)(O)OC[C@@H](O)COP(=O)(O)OC[C@@H](COC(=O)CCCCCCCCCCCCCC)OC(=O)CCCCCCCCCCCCCCCCCC)OC(=O)CCCCCCCCCCCCCCCCCCCCC(C)C. The molecule has 0 aliphatic heterocycles. The standard InChI is InChI=1S/C91H178O17P2/c1-6-9-12-15-18-21-24-27-29-31-32-33-34-38-42-45-50-55-60-65-70-75-89(94)102-81-87(108-91(96)77-72-67-62-57-52-47-43-39-36-35-37-40-44-48-53-58-63-68-73-84(4)5)83-106-110(99,100)104-79-85(92)78-103-109(97,98)105-82-86(80-101-88(93)74-69-64-59-54-49-26-23-20-17-14-11-8-3)107-90(95)76-71-66-61-56-51-46-41-30-28-25-22-19-16-13-10-7-2/h84-87,92H,6-83H2,1-5H3,(H,97,98)(H,99,100)/t85-,86+,87+/m0/s1. The summed E-state index contributed by atoms with van der Waals surface area (Å²) < 4.78 is 69.1. The summed E-state index contributed by atoms with van der Waals surface area (Å²) in [6, 6.07) is 0. The van der Waals surface area contributed by atoms with Gasteiger partial charge in [-0.3, -0.25) is 37.3 Å². The molecule has 2 unspecified atom stereocenters. The zero-order valence-electron chi connectivity index (χ0n) is 72.4. The molecule has 110 heavy (non-hydrogen) atoms. The molecular weight excluding hydrogens is 1430 g/mol. The Morgan fingerprint density at radius 2 is 0.418 bits per heavy atom. The molecule has 0 aromatic rings. The molecule has 17 nitrogen and oxygen atoms in total. The summed E-state index contributed by atoms with van der Waals surface area (Å²) >= 11 is 0. The van der Waals surface area contributed by atoms with Crippen LogP contribution in [0, 0.1) is 5.92 Å². The van der Waals surface area contributed by atoms with E-state index in [1.54, 1.807) is 0 Å². The summed E-state index contributed by atoms with van der Waals surface area (Å²) in [6.45, 7) is 7.43. The van der Waals surface area contributed by atoms with E-state index in [-0.39, 0.29) is 25.7 Å². The molecule has 5 atom stereocenters. The van der Waals surface area contributed by atoms with Gasteiger partial charge in [0.05, 0.1) is 26.4 Å². The molecule has 0 rings (SSSR count). The fourth-order valence-corrected chi connectivity index (χ4v) is 15.9. The van der Waals surface area contributed by atoms with Gasteiger partial charge >= 0.3 is 39.5 Å². The topological polar surface area (TPSA) is 237 Å². The van der Waals surface area contributed by atoms with E-state index in [2.05, 4.69) is 34.6 Å². The molecule has 0 saturated carbocycles. The number of unbranched alkanes of at least 4 members (excludes halogenated alkanes) is 63. The number of carbonyl (C=O) groups is 4. The molecule has 0 aliphatic rings. The maximum atomic E-state index is 13.2. The second-order valence-electron chi connectivity index (χ2n) is 33.2. The van der Waals surface area contributed by atoms with Crippen molar-refractivity contribution in [3.8, 4) is 0 Å². The van der Waals surface area contributed by atoms with Gasteiger partial charge in [0.2, 0.25) is 0 Å². The Kier molecular flexibility index (Phi) is 82.1. The molecule has 3 N–H and O–H groups in total. The number of esters is 4. The third kappa shape index (κ3) is 84.0. The highest BCUT2D eigenvalue weighted by molar-refractivity contribution is 7.47. The quantitative estimate of drug-likeness (QED) is 0.0222. The fourth-order valence-electron chi connectivity index (χ4n) is 14.4. The van der Waals surface area contributed by atoms with Crippen LogP contribution in [-0.2, 0) is 65.4 Å².